The number of furan rings is 1. The zero-order chi connectivity index (χ0) is 28.5. The van der Waals surface area contributed by atoms with Crippen LogP contribution < -0.4 is 15.2 Å². The van der Waals surface area contributed by atoms with Crippen LogP contribution in [0.25, 0.3) is 33.5 Å². The van der Waals surface area contributed by atoms with Gasteiger partial charge in [-0.1, -0.05) is 46.3 Å². The molecule has 0 aliphatic carbocycles. The van der Waals surface area contributed by atoms with Gasteiger partial charge >= 0.3 is 0 Å². The zero-order valence-electron chi connectivity index (χ0n) is 22.2. The van der Waals surface area contributed by atoms with E-state index < -0.39 is 0 Å². The van der Waals surface area contributed by atoms with Crippen molar-refractivity contribution in [2.45, 2.75) is 6.61 Å². The fraction of sp³-hybridized carbons (Fsp3) is 0.0938. The summed E-state index contributed by atoms with van der Waals surface area (Å²) in [6, 6.07) is 26.7. The first kappa shape index (κ1) is 26.5. The summed E-state index contributed by atoms with van der Waals surface area (Å²) in [5, 5.41) is 5.86. The predicted octanol–water partition coefficient (Wildman–Crippen LogP) is 7.24. The number of hydrogen-bond donors (Lipinski definition) is 0. The summed E-state index contributed by atoms with van der Waals surface area (Å²) >= 11 is 3.49. The number of nitrogens with zero attached hydrogens (tertiary/aromatic N) is 4. The third-order valence-electron chi connectivity index (χ3n) is 6.62. The van der Waals surface area contributed by atoms with E-state index in [9.17, 15) is 9.18 Å². The molecule has 2 heterocycles. The molecule has 0 aliphatic heterocycles. The number of aromatic nitrogens is 2. The van der Waals surface area contributed by atoms with Crippen LogP contribution in [0.2, 0.25) is 0 Å². The Bertz CT molecular complexity index is 2000. The second-order valence-corrected chi connectivity index (χ2v) is 10.5. The quantitative estimate of drug-likeness (QED) is 0.178. The molecule has 41 heavy (non-hydrogen) atoms. The van der Waals surface area contributed by atoms with Crippen molar-refractivity contribution in [1.29, 1.82) is 0 Å². The number of rotatable bonds is 7. The molecule has 6 rings (SSSR count). The summed E-state index contributed by atoms with van der Waals surface area (Å²) in [4.78, 5) is 20.4. The Labute approximate surface area is 243 Å². The molecule has 0 atom stereocenters. The van der Waals surface area contributed by atoms with Crippen molar-refractivity contribution in [1.82, 2.24) is 9.66 Å². The Morgan fingerprint density at radius 2 is 1.83 bits per heavy atom. The highest BCUT2D eigenvalue weighted by Crippen LogP contribution is 2.30. The Balaban J connectivity index is 1.46. The molecule has 0 spiro atoms. The minimum absolute atomic E-state index is 0.0294. The maximum absolute atomic E-state index is 14.3. The second-order valence-electron chi connectivity index (χ2n) is 9.60. The van der Waals surface area contributed by atoms with Gasteiger partial charge in [0.05, 0.1) is 17.1 Å². The zero-order valence-corrected chi connectivity index (χ0v) is 23.8. The molecule has 0 fully saturated rings. The van der Waals surface area contributed by atoms with Gasteiger partial charge in [-0.05, 0) is 54.6 Å². The molecule has 9 heteroatoms. The van der Waals surface area contributed by atoms with Gasteiger partial charge in [0.25, 0.3) is 5.56 Å². The molecule has 0 bridgehead atoms. The summed E-state index contributed by atoms with van der Waals surface area (Å²) in [5.41, 5.74) is 2.77. The van der Waals surface area contributed by atoms with Gasteiger partial charge in [0, 0.05) is 46.8 Å². The van der Waals surface area contributed by atoms with E-state index in [4.69, 9.17) is 14.1 Å². The monoisotopic (exact) mass is 610 g/mol. The van der Waals surface area contributed by atoms with Crippen LogP contribution in [0.3, 0.4) is 0 Å². The number of anilines is 1. The summed E-state index contributed by atoms with van der Waals surface area (Å²) in [5.74, 6) is 0.802. The van der Waals surface area contributed by atoms with Crippen LogP contribution in [0.15, 0.2) is 110 Å². The number of benzene rings is 4. The second kappa shape index (κ2) is 11.0. The normalized spacial score (nSPS) is 11.5. The van der Waals surface area contributed by atoms with Crippen LogP contribution in [0, 0.1) is 5.82 Å². The number of hydrogen-bond acceptors (Lipinski definition) is 6. The summed E-state index contributed by atoms with van der Waals surface area (Å²) < 4.78 is 28.6. The molecular formula is C32H24BrFN4O3. The standard InChI is InChI=1S/C32H24BrFN4O3/c1-37(2)24-13-11-20(29(17-24)40-19-21-7-3-5-9-26(21)34)18-35-38-31(36-27-10-6-4-8-25(27)32(38)39)30-16-22-15-23(33)12-14-28(22)41-30/h3-18H,19H2,1-2H3. The molecule has 204 valence electrons. The Kier molecular flexibility index (Phi) is 7.11. The number of fused-ring (bicyclic) bond motifs is 2. The van der Waals surface area contributed by atoms with Crippen molar-refractivity contribution in [3.8, 4) is 17.3 Å². The Morgan fingerprint density at radius 3 is 2.66 bits per heavy atom. The smallest absolute Gasteiger partial charge is 0.282 e. The lowest BCUT2D eigenvalue weighted by molar-refractivity contribution is 0.299. The van der Waals surface area contributed by atoms with Crippen LogP contribution in [0.1, 0.15) is 11.1 Å². The highest BCUT2D eigenvalue weighted by Gasteiger charge is 2.17. The molecule has 4 aromatic carbocycles. The third-order valence-corrected chi connectivity index (χ3v) is 7.11. The van der Waals surface area contributed by atoms with Crippen molar-refractivity contribution in [2.75, 3.05) is 19.0 Å². The van der Waals surface area contributed by atoms with Crippen molar-refractivity contribution >= 4 is 49.7 Å². The van der Waals surface area contributed by atoms with E-state index in [1.54, 1.807) is 36.4 Å². The van der Waals surface area contributed by atoms with Gasteiger partial charge in [0.15, 0.2) is 5.76 Å². The minimum Gasteiger partial charge on any atom is -0.488 e. The number of halogens is 2. The van der Waals surface area contributed by atoms with E-state index in [0.29, 0.717) is 39.1 Å². The first-order chi connectivity index (χ1) is 19.9. The van der Waals surface area contributed by atoms with Gasteiger partial charge in [-0.3, -0.25) is 4.79 Å². The molecule has 0 saturated carbocycles. The van der Waals surface area contributed by atoms with Crippen molar-refractivity contribution < 1.29 is 13.5 Å². The van der Waals surface area contributed by atoms with Crippen LogP contribution in [-0.2, 0) is 6.61 Å². The van der Waals surface area contributed by atoms with E-state index in [1.165, 1.54) is 17.0 Å². The lowest BCUT2D eigenvalue weighted by Crippen LogP contribution is -2.20. The van der Waals surface area contributed by atoms with Crippen LogP contribution in [-0.4, -0.2) is 30.0 Å². The van der Waals surface area contributed by atoms with Gasteiger partial charge in [-0.15, -0.1) is 0 Å². The summed E-state index contributed by atoms with van der Waals surface area (Å²) in [6.07, 6.45) is 1.54. The molecule has 0 unspecified atom stereocenters. The van der Waals surface area contributed by atoms with Gasteiger partial charge in [0.2, 0.25) is 5.82 Å². The highest BCUT2D eigenvalue weighted by atomic mass is 79.9. The molecule has 0 saturated heterocycles. The first-order valence-electron chi connectivity index (χ1n) is 12.8. The first-order valence-corrected chi connectivity index (χ1v) is 13.6. The van der Waals surface area contributed by atoms with Gasteiger partial charge in [-0.25, -0.2) is 9.37 Å². The highest BCUT2D eigenvalue weighted by molar-refractivity contribution is 9.10. The largest absolute Gasteiger partial charge is 0.488 e. The van der Waals surface area contributed by atoms with Crippen LogP contribution in [0.5, 0.6) is 5.75 Å². The third kappa shape index (κ3) is 5.36. The fourth-order valence-corrected chi connectivity index (χ4v) is 4.82. The predicted molar refractivity (Wildman–Crippen MR) is 163 cm³/mol. The lowest BCUT2D eigenvalue weighted by atomic mass is 10.2. The van der Waals surface area contributed by atoms with E-state index in [2.05, 4.69) is 21.0 Å². The van der Waals surface area contributed by atoms with Crippen LogP contribution in [0.4, 0.5) is 10.1 Å². The van der Waals surface area contributed by atoms with Crippen molar-refractivity contribution in [3.63, 3.8) is 0 Å². The van der Waals surface area contributed by atoms with E-state index in [0.717, 1.165) is 15.5 Å². The average molecular weight is 611 g/mol. The number of para-hydroxylation sites is 1. The molecule has 0 N–H and O–H groups in total. The summed E-state index contributed by atoms with van der Waals surface area (Å²) in [7, 11) is 3.84. The summed E-state index contributed by atoms with van der Waals surface area (Å²) in [6.45, 7) is 0.0294. The average Bonchev–Trinajstić information content (AvgIpc) is 3.39. The molecule has 7 nitrogen and oxygen atoms in total. The molecule has 2 aromatic heterocycles. The lowest BCUT2D eigenvalue weighted by Gasteiger charge is -2.16. The molecule has 0 radical (unpaired) electrons. The topological polar surface area (TPSA) is 72.9 Å². The minimum atomic E-state index is -0.345. The fourth-order valence-electron chi connectivity index (χ4n) is 4.44. The Morgan fingerprint density at radius 1 is 1.02 bits per heavy atom. The van der Waals surface area contributed by atoms with Crippen molar-refractivity contribution in [3.05, 3.63) is 123 Å². The van der Waals surface area contributed by atoms with Gasteiger partial charge < -0.3 is 14.1 Å². The van der Waals surface area contributed by atoms with E-state index in [1.807, 2.05) is 67.5 Å². The Hall–Kier alpha value is -4.76. The SMILES string of the molecule is CN(C)c1ccc(C=Nn2c(-c3cc4cc(Br)ccc4o3)nc3ccccc3c2=O)c(OCc2ccccc2F)c1. The maximum atomic E-state index is 14.3. The molecular weight excluding hydrogens is 587 g/mol. The molecule has 6 aromatic rings. The van der Waals surface area contributed by atoms with Crippen LogP contribution >= 0.6 is 15.9 Å². The maximum Gasteiger partial charge on any atom is 0.282 e. The van der Waals surface area contributed by atoms with Gasteiger partial charge in [0.1, 0.15) is 23.8 Å². The van der Waals surface area contributed by atoms with E-state index >= 15 is 0 Å². The van der Waals surface area contributed by atoms with Crippen molar-refractivity contribution in [2.24, 2.45) is 5.10 Å². The molecule has 0 aliphatic rings. The molecule has 0 amide bonds. The number of ether oxygens (including phenoxy) is 1. The van der Waals surface area contributed by atoms with Gasteiger partial charge in [-0.2, -0.15) is 9.78 Å². The van der Waals surface area contributed by atoms with E-state index in [-0.39, 0.29) is 23.8 Å².